The third-order valence-electron chi connectivity index (χ3n) is 1.87. The summed E-state index contributed by atoms with van der Waals surface area (Å²) in [6, 6.07) is 0. The molecule has 0 aromatic rings. The molecule has 0 bridgehead atoms. The second kappa shape index (κ2) is 8.98. The van der Waals surface area contributed by atoms with E-state index in [4.69, 9.17) is 27.9 Å². The van der Waals surface area contributed by atoms with E-state index in [9.17, 15) is 9.59 Å². The molecule has 0 spiro atoms. The Kier molecular flexibility index (Phi) is 8.82. The molecule has 0 saturated carbocycles. The minimum atomic E-state index is -0.523. The van der Waals surface area contributed by atoms with Crippen LogP contribution in [0.2, 0.25) is 0 Å². The summed E-state index contributed by atoms with van der Waals surface area (Å²) in [5.41, 5.74) is 0. The van der Waals surface area contributed by atoms with Crippen LogP contribution in [0.25, 0.3) is 0 Å². The van der Waals surface area contributed by atoms with Gasteiger partial charge in [-0.2, -0.15) is 0 Å². The van der Waals surface area contributed by atoms with Crippen molar-refractivity contribution >= 4 is 35.0 Å². The van der Waals surface area contributed by atoms with Gasteiger partial charge in [-0.3, -0.25) is 9.59 Å². The number of unbranched alkanes of at least 4 members (excludes halogenated alkanes) is 1. The molecule has 0 amide bonds. The van der Waals surface area contributed by atoms with Crippen molar-refractivity contribution in [2.24, 2.45) is 0 Å². The van der Waals surface area contributed by atoms with Gasteiger partial charge in [0.25, 0.3) is 0 Å². The average molecular weight is 255 g/mol. The van der Waals surface area contributed by atoms with Crippen LogP contribution in [-0.4, -0.2) is 29.6 Å². The van der Waals surface area contributed by atoms with E-state index >= 15 is 0 Å². The Labute approximate surface area is 100 Å². The van der Waals surface area contributed by atoms with Crippen LogP contribution in [0.5, 0.6) is 0 Å². The van der Waals surface area contributed by atoms with E-state index < -0.39 is 5.38 Å². The fourth-order valence-electron chi connectivity index (χ4n) is 1.07. The van der Waals surface area contributed by atoms with Crippen LogP contribution >= 0.6 is 23.2 Å². The van der Waals surface area contributed by atoms with Gasteiger partial charge in [0.15, 0.2) is 5.78 Å². The van der Waals surface area contributed by atoms with E-state index in [1.165, 1.54) is 0 Å². The van der Waals surface area contributed by atoms with Crippen LogP contribution < -0.4 is 0 Å². The van der Waals surface area contributed by atoms with E-state index in [1.807, 2.05) is 0 Å². The maximum atomic E-state index is 11.0. The molecule has 1 unspecified atom stereocenters. The van der Waals surface area contributed by atoms with Crippen LogP contribution in [0.4, 0.5) is 0 Å². The third-order valence-corrected chi connectivity index (χ3v) is 2.60. The number of hydrogen-bond acceptors (Lipinski definition) is 3. The SMILES string of the molecule is CCOC(=O)CCCCC(Cl)C(=O)CCl. The van der Waals surface area contributed by atoms with Gasteiger partial charge in [0.2, 0.25) is 0 Å². The summed E-state index contributed by atoms with van der Waals surface area (Å²) >= 11 is 11.1. The van der Waals surface area contributed by atoms with Crippen molar-refractivity contribution in [3.8, 4) is 0 Å². The Bertz CT molecular complexity index is 207. The topological polar surface area (TPSA) is 43.4 Å². The molecule has 0 radical (unpaired) electrons. The minimum absolute atomic E-state index is 0.0496. The number of carbonyl (C=O) groups is 2. The summed E-state index contributed by atoms with van der Waals surface area (Å²) in [5, 5.41) is -0.523. The summed E-state index contributed by atoms with van der Waals surface area (Å²) in [4.78, 5) is 21.9. The van der Waals surface area contributed by atoms with Crippen LogP contribution in [-0.2, 0) is 14.3 Å². The molecular weight excluding hydrogens is 239 g/mol. The summed E-state index contributed by atoms with van der Waals surface area (Å²) in [7, 11) is 0. The number of alkyl halides is 2. The van der Waals surface area contributed by atoms with Crippen molar-refractivity contribution in [3.63, 3.8) is 0 Å². The molecule has 0 heterocycles. The number of Topliss-reactive ketones (excluding diaryl/α,β-unsaturated/α-hetero) is 1. The van der Waals surface area contributed by atoms with E-state index in [2.05, 4.69) is 0 Å². The Balaban J connectivity index is 3.46. The molecule has 3 nitrogen and oxygen atoms in total. The molecule has 0 aromatic carbocycles. The Morgan fingerprint density at radius 2 is 2.00 bits per heavy atom. The lowest BCUT2D eigenvalue weighted by Crippen LogP contribution is -2.15. The predicted octanol–water partition coefficient (Wildman–Crippen LogP) is 2.53. The smallest absolute Gasteiger partial charge is 0.305 e. The molecular formula is C10H16Cl2O3. The van der Waals surface area contributed by atoms with Gasteiger partial charge in [0.1, 0.15) is 0 Å². The normalized spacial score (nSPS) is 12.2. The lowest BCUT2D eigenvalue weighted by Gasteiger charge is -2.05. The zero-order valence-corrected chi connectivity index (χ0v) is 10.3. The van der Waals surface area contributed by atoms with Crippen molar-refractivity contribution in [3.05, 3.63) is 0 Å². The van der Waals surface area contributed by atoms with Crippen LogP contribution in [0, 0.1) is 0 Å². The van der Waals surface area contributed by atoms with E-state index in [1.54, 1.807) is 6.92 Å². The number of ketones is 1. The molecule has 0 N–H and O–H groups in total. The van der Waals surface area contributed by atoms with Gasteiger partial charge in [-0.25, -0.2) is 0 Å². The van der Waals surface area contributed by atoms with E-state index in [0.717, 1.165) is 6.42 Å². The summed E-state index contributed by atoms with van der Waals surface area (Å²) < 4.78 is 4.76. The van der Waals surface area contributed by atoms with Gasteiger partial charge in [-0.05, 0) is 19.8 Å². The van der Waals surface area contributed by atoms with Crippen LogP contribution in [0.3, 0.4) is 0 Å². The van der Waals surface area contributed by atoms with Crippen molar-refractivity contribution in [2.75, 3.05) is 12.5 Å². The molecule has 0 aromatic heterocycles. The van der Waals surface area contributed by atoms with Gasteiger partial charge >= 0.3 is 5.97 Å². The Morgan fingerprint density at radius 3 is 2.53 bits per heavy atom. The highest BCUT2D eigenvalue weighted by molar-refractivity contribution is 6.38. The summed E-state index contributed by atoms with van der Waals surface area (Å²) in [6.07, 6.45) is 2.37. The monoisotopic (exact) mass is 254 g/mol. The van der Waals surface area contributed by atoms with Crippen molar-refractivity contribution < 1.29 is 14.3 Å². The second-order valence-electron chi connectivity index (χ2n) is 3.12. The molecule has 0 aliphatic carbocycles. The number of ether oxygens (including phenoxy) is 1. The first-order valence-electron chi connectivity index (χ1n) is 5.00. The van der Waals surface area contributed by atoms with Crippen LogP contribution in [0.15, 0.2) is 0 Å². The number of hydrogen-bond donors (Lipinski definition) is 0. The number of carbonyl (C=O) groups excluding carboxylic acids is 2. The molecule has 0 saturated heterocycles. The van der Waals surface area contributed by atoms with E-state index in [-0.39, 0.29) is 17.6 Å². The lowest BCUT2D eigenvalue weighted by molar-refractivity contribution is -0.143. The first kappa shape index (κ1) is 14.7. The Morgan fingerprint density at radius 1 is 1.33 bits per heavy atom. The number of esters is 1. The quantitative estimate of drug-likeness (QED) is 0.380. The molecule has 88 valence electrons. The zero-order valence-electron chi connectivity index (χ0n) is 8.80. The molecule has 0 rings (SSSR count). The van der Waals surface area contributed by atoms with Gasteiger partial charge in [0.05, 0.1) is 17.9 Å². The van der Waals surface area contributed by atoms with Gasteiger partial charge in [-0.1, -0.05) is 6.42 Å². The Hall–Kier alpha value is -0.280. The fraction of sp³-hybridized carbons (Fsp3) is 0.800. The minimum Gasteiger partial charge on any atom is -0.466 e. The maximum absolute atomic E-state index is 11.0. The largest absolute Gasteiger partial charge is 0.466 e. The first-order valence-corrected chi connectivity index (χ1v) is 5.97. The molecule has 15 heavy (non-hydrogen) atoms. The lowest BCUT2D eigenvalue weighted by atomic mass is 10.1. The van der Waals surface area contributed by atoms with E-state index in [0.29, 0.717) is 25.9 Å². The zero-order chi connectivity index (χ0) is 11.7. The highest BCUT2D eigenvalue weighted by atomic mass is 35.5. The standard InChI is InChI=1S/C10H16Cl2O3/c1-2-15-10(14)6-4-3-5-8(12)9(13)7-11/h8H,2-7H2,1H3. The number of halogens is 2. The third kappa shape index (κ3) is 7.63. The fourth-order valence-corrected chi connectivity index (χ4v) is 1.57. The summed E-state index contributed by atoms with van der Waals surface area (Å²) in [6.45, 7) is 2.17. The van der Waals surface area contributed by atoms with Gasteiger partial charge in [0, 0.05) is 6.42 Å². The van der Waals surface area contributed by atoms with Gasteiger partial charge in [-0.15, -0.1) is 23.2 Å². The first-order chi connectivity index (χ1) is 7.11. The van der Waals surface area contributed by atoms with Crippen molar-refractivity contribution in [1.29, 1.82) is 0 Å². The van der Waals surface area contributed by atoms with Crippen LogP contribution in [0.1, 0.15) is 32.6 Å². The molecule has 5 heteroatoms. The maximum Gasteiger partial charge on any atom is 0.305 e. The molecule has 1 atom stereocenters. The van der Waals surface area contributed by atoms with Crippen molar-refractivity contribution in [2.45, 2.75) is 38.0 Å². The molecule has 0 aliphatic heterocycles. The van der Waals surface area contributed by atoms with Gasteiger partial charge < -0.3 is 4.74 Å². The summed E-state index contributed by atoms with van der Waals surface area (Å²) in [5.74, 6) is -0.409. The molecule has 0 fully saturated rings. The second-order valence-corrected chi connectivity index (χ2v) is 3.91. The number of rotatable bonds is 8. The predicted molar refractivity (Wildman–Crippen MR) is 60.5 cm³/mol. The highest BCUT2D eigenvalue weighted by Gasteiger charge is 2.13. The average Bonchev–Trinajstić information content (AvgIpc) is 2.23. The molecule has 0 aliphatic rings. The van der Waals surface area contributed by atoms with Crippen molar-refractivity contribution in [1.82, 2.24) is 0 Å². The highest BCUT2D eigenvalue weighted by Crippen LogP contribution is 2.11.